The Morgan fingerprint density at radius 2 is 1.51 bits per heavy atom. The maximum absolute atomic E-state index is 13.5. The topological polar surface area (TPSA) is 230 Å². The van der Waals surface area contributed by atoms with Gasteiger partial charge in [0.25, 0.3) is 0 Å². The van der Waals surface area contributed by atoms with Crippen molar-refractivity contribution in [2.24, 2.45) is 11.5 Å². The number of thioether (sulfide) groups is 1. The zero-order chi connectivity index (χ0) is 31.5. The Morgan fingerprint density at radius 1 is 0.884 bits per heavy atom. The van der Waals surface area contributed by atoms with Crippen LogP contribution < -0.4 is 27.4 Å². The number of carbonyl (C=O) groups excluding carboxylic acids is 4. The molecule has 230 valence electrons. The van der Waals surface area contributed by atoms with Crippen molar-refractivity contribution in [3.05, 3.63) is 65.9 Å². The molecular weight excluding hydrogens is 576 g/mol. The summed E-state index contributed by atoms with van der Waals surface area (Å²) in [6.07, 6.45) is 3.34. The Labute approximate surface area is 252 Å². The summed E-state index contributed by atoms with van der Waals surface area (Å²) in [6.45, 7) is 0. The van der Waals surface area contributed by atoms with E-state index in [4.69, 9.17) is 11.5 Å². The molecule has 4 unspecified atom stereocenters. The number of aromatic amines is 1. The molecule has 13 nitrogen and oxygen atoms in total. The van der Waals surface area contributed by atoms with Crippen molar-refractivity contribution in [1.29, 1.82) is 0 Å². The summed E-state index contributed by atoms with van der Waals surface area (Å²) in [7, 11) is 0. The first-order valence-electron chi connectivity index (χ1n) is 13.5. The number of carbonyl (C=O) groups is 5. The molecule has 4 amide bonds. The number of H-pyrrole nitrogens is 1. The van der Waals surface area contributed by atoms with Crippen LogP contribution in [-0.4, -0.2) is 81.0 Å². The minimum Gasteiger partial charge on any atom is -0.508 e. The SMILES string of the molecule is CSCCC(NC(=O)C(N)Cc1c[nH]c2ccccc12)C(=O)NC(Cc1ccc(O)cc1)C(=O)NC(CC(N)=O)C(=O)O. The average Bonchev–Trinajstić information content (AvgIpc) is 3.37. The van der Waals surface area contributed by atoms with E-state index in [1.165, 1.54) is 36.0 Å². The van der Waals surface area contributed by atoms with E-state index in [0.29, 0.717) is 11.3 Å². The van der Waals surface area contributed by atoms with Gasteiger partial charge < -0.3 is 42.6 Å². The molecule has 10 N–H and O–H groups in total. The van der Waals surface area contributed by atoms with Crippen molar-refractivity contribution in [3.8, 4) is 5.75 Å². The normalized spacial score (nSPS) is 13.8. The van der Waals surface area contributed by atoms with E-state index in [1.807, 2.05) is 30.5 Å². The molecule has 0 aliphatic heterocycles. The van der Waals surface area contributed by atoms with Crippen LogP contribution in [0.2, 0.25) is 0 Å². The van der Waals surface area contributed by atoms with Crippen LogP contribution in [0.3, 0.4) is 0 Å². The summed E-state index contributed by atoms with van der Waals surface area (Å²) in [5, 5.41) is 27.5. The van der Waals surface area contributed by atoms with E-state index < -0.39 is 60.2 Å². The number of nitrogens with two attached hydrogens (primary N) is 2. The van der Waals surface area contributed by atoms with Gasteiger partial charge in [0.15, 0.2) is 0 Å². The second kappa shape index (κ2) is 15.6. The number of benzene rings is 2. The molecule has 0 saturated heterocycles. The standard InChI is InChI=1S/C29H36N6O7S/c1-43-11-10-22(33-26(38)20(30)13-17-15-32-21-5-3-2-4-19(17)21)27(39)34-23(12-16-6-8-18(36)9-7-16)28(40)35-24(29(41)42)14-25(31)37/h2-9,15,20,22-24,32,36H,10-14,30H2,1H3,(H2,31,37)(H,33,38)(H,34,39)(H,35,40)(H,41,42). The fourth-order valence-electron chi connectivity index (χ4n) is 4.44. The molecule has 3 rings (SSSR count). The number of fused-ring (bicyclic) bond motifs is 1. The molecule has 0 spiro atoms. The highest BCUT2D eigenvalue weighted by molar-refractivity contribution is 7.98. The van der Waals surface area contributed by atoms with Gasteiger partial charge in [-0.1, -0.05) is 30.3 Å². The van der Waals surface area contributed by atoms with Crippen molar-refractivity contribution in [3.63, 3.8) is 0 Å². The zero-order valence-corrected chi connectivity index (χ0v) is 24.4. The fourth-order valence-corrected chi connectivity index (χ4v) is 4.91. The molecule has 0 aliphatic carbocycles. The molecule has 0 saturated carbocycles. The number of phenols is 1. The van der Waals surface area contributed by atoms with Gasteiger partial charge in [-0.25, -0.2) is 4.79 Å². The molecule has 0 radical (unpaired) electrons. The van der Waals surface area contributed by atoms with Gasteiger partial charge in [0.1, 0.15) is 23.9 Å². The molecule has 0 aliphatic rings. The highest BCUT2D eigenvalue weighted by Crippen LogP contribution is 2.19. The Bertz CT molecular complexity index is 1440. The van der Waals surface area contributed by atoms with Crippen molar-refractivity contribution in [2.75, 3.05) is 12.0 Å². The summed E-state index contributed by atoms with van der Waals surface area (Å²) in [4.78, 5) is 65.8. The number of hydrogen-bond donors (Lipinski definition) is 8. The first kappa shape index (κ1) is 32.9. The quantitative estimate of drug-likeness (QED) is 0.110. The van der Waals surface area contributed by atoms with E-state index in [1.54, 1.807) is 6.20 Å². The molecule has 4 atom stereocenters. The average molecular weight is 613 g/mol. The third-order valence-electron chi connectivity index (χ3n) is 6.72. The number of phenolic OH excluding ortho intramolecular Hbond substituents is 1. The van der Waals surface area contributed by atoms with E-state index in [0.717, 1.165) is 16.5 Å². The number of para-hydroxylation sites is 1. The smallest absolute Gasteiger partial charge is 0.326 e. The lowest BCUT2D eigenvalue weighted by Crippen LogP contribution is -2.58. The van der Waals surface area contributed by atoms with Crippen molar-refractivity contribution >= 4 is 52.3 Å². The van der Waals surface area contributed by atoms with Gasteiger partial charge >= 0.3 is 5.97 Å². The summed E-state index contributed by atoms with van der Waals surface area (Å²) in [6, 6.07) is 8.54. The minimum atomic E-state index is -1.61. The van der Waals surface area contributed by atoms with Crippen LogP contribution in [0.1, 0.15) is 24.0 Å². The van der Waals surface area contributed by atoms with Crippen molar-refractivity contribution < 1.29 is 34.2 Å². The number of hydrogen-bond acceptors (Lipinski definition) is 8. The number of carboxylic acids is 1. The molecule has 2 aromatic carbocycles. The van der Waals surface area contributed by atoms with Gasteiger partial charge in [-0.3, -0.25) is 19.2 Å². The number of nitrogens with one attached hydrogen (secondary N) is 4. The second-order valence-corrected chi connectivity index (χ2v) is 11.0. The lowest BCUT2D eigenvalue weighted by Gasteiger charge is -2.25. The summed E-state index contributed by atoms with van der Waals surface area (Å²) >= 11 is 1.46. The van der Waals surface area contributed by atoms with E-state index in [9.17, 15) is 34.2 Å². The van der Waals surface area contributed by atoms with Crippen molar-refractivity contribution in [1.82, 2.24) is 20.9 Å². The number of aromatic nitrogens is 1. The van der Waals surface area contributed by atoms with Crippen molar-refractivity contribution in [2.45, 2.75) is 49.9 Å². The van der Waals surface area contributed by atoms with E-state index in [-0.39, 0.29) is 25.0 Å². The summed E-state index contributed by atoms with van der Waals surface area (Å²) < 4.78 is 0. The zero-order valence-electron chi connectivity index (χ0n) is 23.5. The van der Waals surface area contributed by atoms with Crippen LogP contribution >= 0.6 is 11.8 Å². The fraction of sp³-hybridized carbons (Fsp3) is 0.345. The number of aliphatic carboxylic acids is 1. The molecular formula is C29H36N6O7S. The predicted molar refractivity (Wildman–Crippen MR) is 162 cm³/mol. The Morgan fingerprint density at radius 3 is 2.16 bits per heavy atom. The Hall–Kier alpha value is -4.56. The maximum Gasteiger partial charge on any atom is 0.326 e. The monoisotopic (exact) mass is 612 g/mol. The molecule has 1 aromatic heterocycles. The molecule has 1 heterocycles. The molecule has 0 fully saturated rings. The van der Waals surface area contributed by atoms with Gasteiger partial charge in [0, 0.05) is 23.5 Å². The van der Waals surface area contributed by atoms with Crippen LogP contribution in [0.5, 0.6) is 5.75 Å². The lowest BCUT2D eigenvalue weighted by molar-refractivity contribution is -0.143. The van der Waals surface area contributed by atoms with Gasteiger partial charge in [0.05, 0.1) is 12.5 Å². The highest BCUT2D eigenvalue weighted by atomic mass is 32.2. The molecule has 14 heteroatoms. The maximum atomic E-state index is 13.5. The number of aromatic hydroxyl groups is 1. The number of carboxylic acid groups (broad SMARTS) is 1. The minimum absolute atomic E-state index is 0.00926. The third-order valence-corrected chi connectivity index (χ3v) is 7.37. The second-order valence-electron chi connectivity index (χ2n) is 10.0. The molecule has 0 bridgehead atoms. The van der Waals surface area contributed by atoms with E-state index in [2.05, 4.69) is 20.9 Å². The van der Waals surface area contributed by atoms with Crippen LogP contribution in [0.25, 0.3) is 10.9 Å². The number of amides is 4. The first-order valence-corrected chi connectivity index (χ1v) is 14.9. The Balaban J connectivity index is 1.76. The van der Waals surface area contributed by atoms with Crippen LogP contribution in [0.15, 0.2) is 54.7 Å². The van der Waals surface area contributed by atoms with Crippen LogP contribution in [-0.2, 0) is 36.8 Å². The predicted octanol–water partition coefficient (Wildman–Crippen LogP) is 0.154. The third kappa shape index (κ3) is 9.75. The highest BCUT2D eigenvalue weighted by Gasteiger charge is 2.31. The van der Waals surface area contributed by atoms with Crippen LogP contribution in [0.4, 0.5) is 0 Å². The van der Waals surface area contributed by atoms with Gasteiger partial charge in [0.2, 0.25) is 23.6 Å². The van der Waals surface area contributed by atoms with E-state index >= 15 is 0 Å². The van der Waals surface area contributed by atoms with Crippen LogP contribution in [0, 0.1) is 0 Å². The first-order chi connectivity index (χ1) is 20.5. The van der Waals surface area contributed by atoms with Gasteiger partial charge in [-0.2, -0.15) is 11.8 Å². The molecule has 43 heavy (non-hydrogen) atoms. The van der Waals surface area contributed by atoms with Gasteiger partial charge in [-0.15, -0.1) is 0 Å². The number of primary amides is 1. The number of rotatable bonds is 16. The largest absolute Gasteiger partial charge is 0.508 e. The summed E-state index contributed by atoms with van der Waals surface area (Å²) in [5.41, 5.74) is 13.6. The lowest BCUT2D eigenvalue weighted by atomic mass is 10.0. The van der Waals surface area contributed by atoms with Gasteiger partial charge in [-0.05, 0) is 54.2 Å². The Kier molecular flexibility index (Phi) is 12.0. The summed E-state index contributed by atoms with van der Waals surface area (Å²) in [5.74, 6) is -4.02. The molecule has 3 aromatic rings.